The average Bonchev–Trinajstić information content (AvgIpc) is 2.85. The van der Waals surface area contributed by atoms with E-state index >= 15 is 0 Å². The molecule has 0 aliphatic heterocycles. The maximum atomic E-state index is 4.46. The Kier molecular flexibility index (Phi) is 6.52. The predicted octanol–water partition coefficient (Wildman–Crippen LogP) is 7.55. The number of aromatic nitrogens is 1. The van der Waals surface area contributed by atoms with Gasteiger partial charge in [-0.15, -0.1) is 35.4 Å². The number of rotatable bonds is 4. The maximum Gasteiger partial charge on any atom is 0.0160 e. The minimum Gasteiger partial charge on any atom is -0.305 e. The molecule has 1 radical (unpaired) electrons. The van der Waals surface area contributed by atoms with E-state index in [4.69, 9.17) is 0 Å². The second-order valence-corrected chi connectivity index (χ2v) is 7.23. The van der Waals surface area contributed by atoms with Gasteiger partial charge in [0.15, 0.2) is 0 Å². The van der Waals surface area contributed by atoms with Crippen LogP contribution in [0.25, 0.3) is 44.6 Å². The Morgan fingerprint density at radius 3 is 1.65 bits per heavy atom. The van der Waals surface area contributed by atoms with Crippen molar-refractivity contribution in [1.82, 2.24) is 4.98 Å². The second-order valence-electron chi connectivity index (χ2n) is 7.23. The Balaban J connectivity index is 0.00000231. The van der Waals surface area contributed by atoms with Crippen molar-refractivity contribution >= 4 is 0 Å². The largest absolute Gasteiger partial charge is 0.305 e. The van der Waals surface area contributed by atoms with E-state index in [1.807, 2.05) is 36.5 Å². The van der Waals surface area contributed by atoms with E-state index in [0.717, 1.165) is 16.8 Å². The number of hydrogen-bond acceptors (Lipinski definition) is 1. The first-order chi connectivity index (χ1) is 14.9. The molecule has 0 amide bonds. The molecule has 151 valence electrons. The Morgan fingerprint density at radius 2 is 1.03 bits per heavy atom. The van der Waals surface area contributed by atoms with Crippen LogP contribution in [0.15, 0.2) is 121 Å². The fraction of sp³-hybridized carbons (Fsp3) is 0. The summed E-state index contributed by atoms with van der Waals surface area (Å²) in [6, 6.07) is 43.4. The molecule has 0 spiro atoms. The van der Waals surface area contributed by atoms with Crippen LogP contribution in [-0.2, 0) is 20.1 Å². The Morgan fingerprint density at radius 1 is 0.484 bits per heavy atom. The van der Waals surface area contributed by atoms with Gasteiger partial charge in [0, 0.05) is 26.3 Å². The van der Waals surface area contributed by atoms with Crippen LogP contribution < -0.4 is 0 Å². The smallest absolute Gasteiger partial charge is 0.0160 e. The SMILES string of the molecule is [Ir].[c-]1ccc(-c2cccc(-c3cccc(-c4ccccc4)c3)c2)cc1-c1ccccn1. The molecule has 0 N–H and O–H groups in total. The number of nitrogens with zero attached hydrogens (tertiary/aromatic N) is 1. The van der Waals surface area contributed by atoms with E-state index in [-0.39, 0.29) is 20.1 Å². The molecule has 0 fully saturated rings. The summed E-state index contributed by atoms with van der Waals surface area (Å²) in [6.45, 7) is 0. The predicted molar refractivity (Wildman–Crippen MR) is 125 cm³/mol. The summed E-state index contributed by atoms with van der Waals surface area (Å²) >= 11 is 0. The van der Waals surface area contributed by atoms with E-state index in [2.05, 4.69) is 96.0 Å². The monoisotopic (exact) mass is 575 g/mol. The zero-order valence-corrected chi connectivity index (χ0v) is 19.2. The van der Waals surface area contributed by atoms with Gasteiger partial charge in [-0.2, -0.15) is 0 Å². The number of benzene rings is 4. The summed E-state index contributed by atoms with van der Waals surface area (Å²) in [4.78, 5) is 4.46. The molecule has 5 rings (SSSR count). The Hall–Kier alpha value is -3.32. The van der Waals surface area contributed by atoms with Crippen LogP contribution >= 0.6 is 0 Å². The summed E-state index contributed by atoms with van der Waals surface area (Å²) in [7, 11) is 0. The van der Waals surface area contributed by atoms with Crippen molar-refractivity contribution in [2.45, 2.75) is 0 Å². The topological polar surface area (TPSA) is 12.9 Å². The van der Waals surface area contributed by atoms with Gasteiger partial charge in [0.05, 0.1) is 0 Å². The molecule has 0 saturated carbocycles. The molecule has 0 saturated heterocycles. The standard InChI is InChI=1S/C29H20N.Ir/c1-2-9-22(10-3-1)23-11-6-12-24(19-23)25-13-7-14-26(20-25)27-15-8-16-28(21-27)29-17-4-5-18-30-29;/h1-15,17-21H;/q-1;. The van der Waals surface area contributed by atoms with Crippen molar-refractivity contribution in [3.05, 3.63) is 128 Å². The Labute approximate surface area is 196 Å². The van der Waals surface area contributed by atoms with E-state index in [9.17, 15) is 0 Å². The molecule has 0 atom stereocenters. The van der Waals surface area contributed by atoms with Gasteiger partial charge in [-0.25, -0.2) is 0 Å². The fourth-order valence-electron chi connectivity index (χ4n) is 3.70. The van der Waals surface area contributed by atoms with Crippen LogP contribution in [0.5, 0.6) is 0 Å². The minimum atomic E-state index is 0. The molecule has 1 nitrogen and oxygen atoms in total. The third-order valence-electron chi connectivity index (χ3n) is 5.24. The molecular formula is C29H20IrN-. The van der Waals surface area contributed by atoms with E-state index in [1.54, 1.807) is 0 Å². The van der Waals surface area contributed by atoms with Crippen molar-refractivity contribution < 1.29 is 20.1 Å². The summed E-state index contributed by atoms with van der Waals surface area (Å²) < 4.78 is 0. The second kappa shape index (κ2) is 9.66. The van der Waals surface area contributed by atoms with Crippen LogP contribution in [0.4, 0.5) is 0 Å². The maximum absolute atomic E-state index is 4.46. The molecular weight excluding hydrogens is 555 g/mol. The molecule has 1 heterocycles. The minimum absolute atomic E-state index is 0. The van der Waals surface area contributed by atoms with Crippen LogP contribution in [0.3, 0.4) is 0 Å². The molecule has 1 aromatic heterocycles. The van der Waals surface area contributed by atoms with E-state index in [0.29, 0.717) is 0 Å². The average molecular weight is 575 g/mol. The Bertz CT molecular complexity index is 1180. The van der Waals surface area contributed by atoms with Crippen LogP contribution in [0.1, 0.15) is 0 Å². The fourth-order valence-corrected chi connectivity index (χ4v) is 3.70. The van der Waals surface area contributed by atoms with Crippen LogP contribution in [0, 0.1) is 6.07 Å². The molecule has 5 aromatic rings. The van der Waals surface area contributed by atoms with Crippen molar-refractivity contribution in [3.8, 4) is 44.6 Å². The summed E-state index contributed by atoms with van der Waals surface area (Å²) in [5, 5.41) is 0. The molecule has 2 heteroatoms. The quantitative estimate of drug-likeness (QED) is 0.202. The van der Waals surface area contributed by atoms with E-state index in [1.165, 1.54) is 27.8 Å². The number of hydrogen-bond donors (Lipinski definition) is 0. The van der Waals surface area contributed by atoms with Gasteiger partial charge in [0.1, 0.15) is 0 Å². The zero-order chi connectivity index (χ0) is 20.2. The third kappa shape index (κ3) is 4.72. The summed E-state index contributed by atoms with van der Waals surface area (Å²) in [5.74, 6) is 0. The third-order valence-corrected chi connectivity index (χ3v) is 5.24. The van der Waals surface area contributed by atoms with Gasteiger partial charge >= 0.3 is 0 Å². The van der Waals surface area contributed by atoms with Gasteiger partial charge in [0.2, 0.25) is 0 Å². The van der Waals surface area contributed by atoms with Crippen molar-refractivity contribution in [2.24, 2.45) is 0 Å². The molecule has 0 unspecified atom stereocenters. The molecule has 0 bridgehead atoms. The van der Waals surface area contributed by atoms with Gasteiger partial charge < -0.3 is 4.98 Å². The van der Waals surface area contributed by atoms with Crippen LogP contribution in [0.2, 0.25) is 0 Å². The zero-order valence-electron chi connectivity index (χ0n) is 16.8. The van der Waals surface area contributed by atoms with Gasteiger partial charge in [-0.1, -0.05) is 78.9 Å². The van der Waals surface area contributed by atoms with Crippen molar-refractivity contribution in [2.75, 3.05) is 0 Å². The van der Waals surface area contributed by atoms with Crippen molar-refractivity contribution in [1.29, 1.82) is 0 Å². The van der Waals surface area contributed by atoms with Gasteiger partial charge in [-0.3, -0.25) is 0 Å². The molecule has 31 heavy (non-hydrogen) atoms. The molecule has 0 aliphatic carbocycles. The normalized spacial score (nSPS) is 10.3. The van der Waals surface area contributed by atoms with Crippen molar-refractivity contribution in [3.63, 3.8) is 0 Å². The van der Waals surface area contributed by atoms with E-state index < -0.39 is 0 Å². The summed E-state index contributed by atoms with van der Waals surface area (Å²) in [6.07, 6.45) is 1.82. The van der Waals surface area contributed by atoms with Gasteiger partial charge in [0.25, 0.3) is 0 Å². The first-order valence-electron chi connectivity index (χ1n) is 10.1. The van der Waals surface area contributed by atoms with Crippen LogP contribution in [-0.4, -0.2) is 4.98 Å². The number of pyridine rings is 1. The van der Waals surface area contributed by atoms with Gasteiger partial charge in [-0.05, 0) is 51.7 Å². The molecule has 4 aromatic carbocycles. The molecule has 0 aliphatic rings. The first kappa shape index (κ1) is 20.9. The summed E-state index contributed by atoms with van der Waals surface area (Å²) in [5.41, 5.74) is 9.16. The first-order valence-corrected chi connectivity index (χ1v) is 10.1.